The van der Waals surface area contributed by atoms with Crippen LogP contribution in [0.15, 0.2) is 53.5 Å². The van der Waals surface area contributed by atoms with Crippen LogP contribution >= 0.6 is 0 Å². The lowest BCUT2D eigenvalue weighted by Crippen LogP contribution is -2.30. The van der Waals surface area contributed by atoms with Crippen LogP contribution in [0.3, 0.4) is 0 Å². The van der Waals surface area contributed by atoms with Crippen LogP contribution in [-0.2, 0) is 6.42 Å². The van der Waals surface area contributed by atoms with E-state index in [1.165, 1.54) is 5.56 Å². The zero-order chi connectivity index (χ0) is 17.2. The number of rotatable bonds is 5. The van der Waals surface area contributed by atoms with E-state index in [1.807, 2.05) is 43.3 Å². The molecule has 0 spiro atoms. The molecule has 3 rings (SSSR count). The molecule has 2 aromatic carbocycles. The Kier molecular flexibility index (Phi) is 4.52. The number of ketones is 1. The largest absolute Gasteiger partial charge is 0.493 e. The van der Waals surface area contributed by atoms with Crippen molar-refractivity contribution in [1.82, 2.24) is 0 Å². The van der Waals surface area contributed by atoms with Gasteiger partial charge in [0.2, 0.25) is 0 Å². The summed E-state index contributed by atoms with van der Waals surface area (Å²) < 4.78 is 5.60. The third-order valence-corrected chi connectivity index (χ3v) is 4.20. The molecule has 0 saturated carbocycles. The van der Waals surface area contributed by atoms with Gasteiger partial charge in [-0.2, -0.15) is 0 Å². The number of carbonyl (C=O) groups is 1. The minimum absolute atomic E-state index is 0.0466. The zero-order valence-electron chi connectivity index (χ0n) is 14.5. The van der Waals surface area contributed by atoms with Gasteiger partial charge in [-0.15, -0.1) is 0 Å². The summed E-state index contributed by atoms with van der Waals surface area (Å²) in [7, 11) is 0. The summed E-state index contributed by atoms with van der Waals surface area (Å²) in [5, 5.41) is 0. The molecule has 0 bridgehead atoms. The molecule has 2 aromatic rings. The molecule has 0 amide bonds. The monoisotopic (exact) mass is 321 g/mol. The maximum atomic E-state index is 12.9. The number of benzene rings is 2. The Hall–Kier alpha value is -2.42. The Morgan fingerprint density at radius 3 is 2.62 bits per heavy atom. The normalized spacial score (nSPS) is 15.4. The molecule has 0 N–H and O–H groups in total. The Labute approximate surface area is 143 Å². The van der Waals surface area contributed by atoms with Gasteiger partial charge in [-0.05, 0) is 50.5 Å². The fourth-order valence-electron chi connectivity index (χ4n) is 3.25. The van der Waals surface area contributed by atoms with Gasteiger partial charge in [-0.1, -0.05) is 36.4 Å². The highest BCUT2D eigenvalue weighted by Gasteiger charge is 2.28. The van der Waals surface area contributed by atoms with Crippen LogP contribution in [-0.4, -0.2) is 23.6 Å². The zero-order valence-corrected chi connectivity index (χ0v) is 14.5. The highest BCUT2D eigenvalue weighted by atomic mass is 16.5. The molecule has 3 heteroatoms. The summed E-state index contributed by atoms with van der Waals surface area (Å²) in [5.74, 6) is 0.694. The Balaban J connectivity index is 1.93. The number of nitrogens with zero attached hydrogens (tertiary/aromatic N) is 1. The summed E-state index contributed by atoms with van der Waals surface area (Å²) in [5.41, 5.74) is 3.68. The average Bonchev–Trinajstić information content (AvgIpc) is 2.54. The van der Waals surface area contributed by atoms with Crippen LogP contribution in [0, 0.1) is 0 Å². The summed E-state index contributed by atoms with van der Waals surface area (Å²) in [6, 6.07) is 15.7. The molecule has 1 heterocycles. The predicted octanol–water partition coefficient (Wildman–Crippen LogP) is 4.48. The lowest BCUT2D eigenvalue weighted by atomic mass is 9.85. The number of carbonyl (C=O) groups excluding carboxylic acids is 1. The lowest BCUT2D eigenvalue weighted by molar-refractivity contribution is 0.0997. The molecule has 0 fully saturated rings. The van der Waals surface area contributed by atoms with Crippen molar-refractivity contribution in [1.29, 1.82) is 0 Å². The second-order valence-electron chi connectivity index (χ2n) is 6.73. The van der Waals surface area contributed by atoms with Crippen LogP contribution in [0.25, 0.3) is 0 Å². The standard InChI is InChI=1S/C21H23NO2/c1-4-24-20-12-8-7-11-17(20)19(23)13-18-16-10-6-5-9-15(16)14-21(2,3)22-18/h5-12H,4,13-14H2,1-3H3. The quantitative estimate of drug-likeness (QED) is 0.762. The van der Waals surface area contributed by atoms with Crippen molar-refractivity contribution in [2.24, 2.45) is 4.99 Å². The number of hydrogen-bond acceptors (Lipinski definition) is 3. The smallest absolute Gasteiger partial charge is 0.172 e. The van der Waals surface area contributed by atoms with Gasteiger partial charge in [-0.25, -0.2) is 0 Å². The van der Waals surface area contributed by atoms with Crippen molar-refractivity contribution < 1.29 is 9.53 Å². The van der Waals surface area contributed by atoms with Crippen LogP contribution < -0.4 is 4.74 Å². The first-order valence-electron chi connectivity index (χ1n) is 8.42. The number of para-hydroxylation sites is 1. The molecular weight excluding hydrogens is 298 g/mol. The second-order valence-corrected chi connectivity index (χ2v) is 6.73. The fourth-order valence-corrected chi connectivity index (χ4v) is 3.25. The minimum Gasteiger partial charge on any atom is -0.493 e. The number of aliphatic imine (C=N–C) groups is 1. The topological polar surface area (TPSA) is 38.7 Å². The van der Waals surface area contributed by atoms with Crippen LogP contribution in [0.2, 0.25) is 0 Å². The van der Waals surface area contributed by atoms with Gasteiger partial charge in [0.25, 0.3) is 0 Å². The van der Waals surface area contributed by atoms with Crippen LogP contribution in [0.4, 0.5) is 0 Å². The van der Waals surface area contributed by atoms with E-state index < -0.39 is 0 Å². The van der Waals surface area contributed by atoms with E-state index >= 15 is 0 Å². The van der Waals surface area contributed by atoms with Crippen molar-refractivity contribution >= 4 is 11.5 Å². The number of fused-ring (bicyclic) bond motifs is 1. The Morgan fingerprint density at radius 1 is 1.12 bits per heavy atom. The first-order chi connectivity index (χ1) is 11.5. The summed E-state index contributed by atoms with van der Waals surface area (Å²) in [6.45, 7) is 6.69. The van der Waals surface area contributed by atoms with E-state index in [0.29, 0.717) is 24.3 Å². The van der Waals surface area contributed by atoms with Gasteiger partial charge < -0.3 is 4.74 Å². The molecule has 24 heavy (non-hydrogen) atoms. The van der Waals surface area contributed by atoms with E-state index in [0.717, 1.165) is 17.7 Å². The highest BCUT2D eigenvalue weighted by Crippen LogP contribution is 2.29. The Bertz CT molecular complexity index is 790. The Morgan fingerprint density at radius 2 is 1.83 bits per heavy atom. The van der Waals surface area contributed by atoms with Crippen LogP contribution in [0.5, 0.6) is 5.75 Å². The molecule has 0 unspecified atom stereocenters. The van der Waals surface area contributed by atoms with Gasteiger partial charge in [0.05, 0.1) is 29.8 Å². The van der Waals surface area contributed by atoms with E-state index in [9.17, 15) is 4.79 Å². The van der Waals surface area contributed by atoms with E-state index in [-0.39, 0.29) is 11.3 Å². The number of Topliss-reactive ketones (excluding diaryl/α,β-unsaturated/α-hetero) is 1. The van der Waals surface area contributed by atoms with Crippen molar-refractivity contribution in [2.75, 3.05) is 6.61 Å². The molecule has 3 nitrogen and oxygen atoms in total. The van der Waals surface area contributed by atoms with Crippen molar-refractivity contribution in [3.63, 3.8) is 0 Å². The first-order valence-corrected chi connectivity index (χ1v) is 8.42. The SMILES string of the molecule is CCOc1ccccc1C(=O)CC1=NC(C)(C)Cc2ccccc21. The molecule has 0 aliphatic carbocycles. The van der Waals surface area contributed by atoms with Crippen LogP contribution in [0.1, 0.15) is 48.7 Å². The fraction of sp³-hybridized carbons (Fsp3) is 0.333. The molecular formula is C21H23NO2. The first kappa shape index (κ1) is 16.4. The molecule has 0 saturated heterocycles. The van der Waals surface area contributed by atoms with E-state index in [2.05, 4.69) is 26.0 Å². The molecule has 0 radical (unpaired) electrons. The van der Waals surface area contributed by atoms with Gasteiger partial charge in [0, 0.05) is 0 Å². The summed E-state index contributed by atoms with van der Waals surface area (Å²) >= 11 is 0. The van der Waals surface area contributed by atoms with Crippen molar-refractivity contribution in [3.8, 4) is 5.75 Å². The second kappa shape index (κ2) is 6.60. The predicted molar refractivity (Wildman–Crippen MR) is 97.3 cm³/mol. The van der Waals surface area contributed by atoms with Crippen molar-refractivity contribution in [2.45, 2.75) is 39.2 Å². The maximum Gasteiger partial charge on any atom is 0.172 e. The van der Waals surface area contributed by atoms with Gasteiger partial charge in [0.1, 0.15) is 5.75 Å². The van der Waals surface area contributed by atoms with E-state index in [1.54, 1.807) is 0 Å². The van der Waals surface area contributed by atoms with Gasteiger partial charge >= 0.3 is 0 Å². The number of ether oxygens (including phenoxy) is 1. The molecule has 1 aliphatic heterocycles. The molecule has 1 aliphatic rings. The number of hydrogen-bond donors (Lipinski definition) is 0. The van der Waals surface area contributed by atoms with Gasteiger partial charge in [-0.3, -0.25) is 9.79 Å². The molecule has 0 atom stereocenters. The average molecular weight is 321 g/mol. The minimum atomic E-state index is -0.177. The van der Waals surface area contributed by atoms with Crippen molar-refractivity contribution in [3.05, 3.63) is 65.2 Å². The van der Waals surface area contributed by atoms with E-state index in [4.69, 9.17) is 9.73 Å². The lowest BCUT2D eigenvalue weighted by Gasteiger charge is -2.29. The van der Waals surface area contributed by atoms with Gasteiger partial charge in [0.15, 0.2) is 5.78 Å². The highest BCUT2D eigenvalue weighted by molar-refractivity contribution is 6.17. The summed E-state index contributed by atoms with van der Waals surface area (Å²) in [4.78, 5) is 17.7. The third kappa shape index (κ3) is 3.40. The molecule has 0 aromatic heterocycles. The maximum absolute atomic E-state index is 12.9. The third-order valence-electron chi connectivity index (χ3n) is 4.20. The summed E-state index contributed by atoms with van der Waals surface area (Å²) in [6.07, 6.45) is 1.20. The molecule has 124 valence electrons.